The van der Waals surface area contributed by atoms with Gasteiger partial charge in [0.05, 0.1) is 12.2 Å². The van der Waals surface area contributed by atoms with Gasteiger partial charge in [0.1, 0.15) is 17.1 Å². The van der Waals surface area contributed by atoms with E-state index in [-0.39, 0.29) is 23.6 Å². The van der Waals surface area contributed by atoms with Crippen molar-refractivity contribution in [2.45, 2.75) is 51.4 Å². The van der Waals surface area contributed by atoms with Crippen LogP contribution in [-0.4, -0.2) is 16.8 Å². The Morgan fingerprint density at radius 1 is 1.28 bits per heavy atom. The smallest absolute Gasteiger partial charge is 0.126 e. The summed E-state index contributed by atoms with van der Waals surface area (Å²) in [6.07, 6.45) is 2.49. The van der Waals surface area contributed by atoms with Crippen molar-refractivity contribution in [2.75, 3.05) is 0 Å². The zero-order valence-corrected chi connectivity index (χ0v) is 11.1. The molecule has 2 heterocycles. The monoisotopic (exact) mass is 248 g/mol. The first kappa shape index (κ1) is 11.8. The van der Waals surface area contributed by atoms with Gasteiger partial charge in [-0.25, -0.2) is 0 Å². The number of hydrogen-bond acceptors (Lipinski definition) is 3. The molecule has 3 rings (SSSR count). The zero-order chi connectivity index (χ0) is 12.9. The molecule has 0 unspecified atom stereocenters. The van der Waals surface area contributed by atoms with Crippen molar-refractivity contribution in [2.24, 2.45) is 5.92 Å². The molecule has 3 nitrogen and oxygen atoms in total. The molecule has 3 atom stereocenters. The maximum absolute atomic E-state index is 9.66. The van der Waals surface area contributed by atoms with Crippen molar-refractivity contribution in [1.29, 1.82) is 0 Å². The third kappa shape index (κ3) is 1.77. The summed E-state index contributed by atoms with van der Waals surface area (Å²) in [4.78, 5) is 0. The molecule has 0 radical (unpaired) electrons. The van der Waals surface area contributed by atoms with E-state index in [1.807, 2.05) is 6.07 Å². The van der Waals surface area contributed by atoms with Crippen molar-refractivity contribution in [3.8, 4) is 11.5 Å². The van der Waals surface area contributed by atoms with E-state index < -0.39 is 0 Å². The van der Waals surface area contributed by atoms with Crippen LogP contribution in [0.1, 0.15) is 45.3 Å². The normalized spacial score (nSPS) is 33.2. The second-order valence-corrected chi connectivity index (χ2v) is 5.98. The highest BCUT2D eigenvalue weighted by Crippen LogP contribution is 2.51. The highest BCUT2D eigenvalue weighted by Gasteiger charge is 2.46. The molecule has 0 amide bonds. The Hall–Kier alpha value is -1.22. The summed E-state index contributed by atoms with van der Waals surface area (Å²) >= 11 is 0. The number of aromatic hydroxyl groups is 1. The van der Waals surface area contributed by atoms with Gasteiger partial charge in [-0.3, -0.25) is 0 Å². The van der Waals surface area contributed by atoms with Gasteiger partial charge in [-0.2, -0.15) is 0 Å². The largest absolute Gasteiger partial charge is 0.508 e. The first-order valence-electron chi connectivity index (χ1n) is 6.65. The molecule has 0 aromatic heterocycles. The number of ether oxygens (including phenoxy) is 2. The maximum atomic E-state index is 9.66. The number of rotatable bonds is 0. The van der Waals surface area contributed by atoms with E-state index >= 15 is 0 Å². The predicted octanol–water partition coefficient (Wildman–Crippen LogP) is 3.42. The Labute approximate surface area is 108 Å². The molecule has 0 saturated carbocycles. The average Bonchev–Trinajstić information content (AvgIpc) is 2.30. The third-order valence-electron chi connectivity index (χ3n) is 4.19. The Morgan fingerprint density at radius 2 is 2.06 bits per heavy atom. The standard InChI is InChI=1S/C15H20O3/c1-9-4-6-12-14(17-9)11-8-10(16)5-7-13(11)18-15(12,2)3/h5,7-9,12,14,16H,4,6H2,1-3H3/t9-,12-,14+/m1/s1. The first-order valence-corrected chi connectivity index (χ1v) is 6.65. The number of benzene rings is 1. The summed E-state index contributed by atoms with van der Waals surface area (Å²) in [7, 11) is 0. The summed E-state index contributed by atoms with van der Waals surface area (Å²) in [6, 6.07) is 5.28. The Kier molecular flexibility index (Phi) is 2.56. The predicted molar refractivity (Wildman–Crippen MR) is 68.8 cm³/mol. The van der Waals surface area contributed by atoms with Gasteiger partial charge in [-0.1, -0.05) is 0 Å². The number of fused-ring (bicyclic) bond motifs is 3. The van der Waals surface area contributed by atoms with Crippen molar-refractivity contribution < 1.29 is 14.6 Å². The molecule has 2 aliphatic rings. The van der Waals surface area contributed by atoms with Crippen LogP contribution < -0.4 is 4.74 Å². The van der Waals surface area contributed by atoms with E-state index in [1.165, 1.54) is 0 Å². The van der Waals surface area contributed by atoms with Crippen LogP contribution in [0.3, 0.4) is 0 Å². The van der Waals surface area contributed by atoms with E-state index in [2.05, 4.69) is 20.8 Å². The van der Waals surface area contributed by atoms with Gasteiger partial charge >= 0.3 is 0 Å². The van der Waals surface area contributed by atoms with Gasteiger partial charge in [0.2, 0.25) is 0 Å². The molecule has 0 spiro atoms. The lowest BCUT2D eigenvalue weighted by molar-refractivity contribution is -0.144. The van der Waals surface area contributed by atoms with Crippen LogP contribution >= 0.6 is 0 Å². The van der Waals surface area contributed by atoms with Crippen LogP contribution in [0.5, 0.6) is 11.5 Å². The molecule has 1 N–H and O–H groups in total. The summed E-state index contributed by atoms with van der Waals surface area (Å²) in [5.41, 5.74) is 0.778. The summed E-state index contributed by atoms with van der Waals surface area (Å²) in [6.45, 7) is 6.36. The number of hydrogen-bond donors (Lipinski definition) is 1. The maximum Gasteiger partial charge on any atom is 0.126 e. The molecular weight excluding hydrogens is 228 g/mol. The lowest BCUT2D eigenvalue weighted by Crippen LogP contribution is -2.48. The van der Waals surface area contributed by atoms with Gasteiger partial charge in [0.15, 0.2) is 0 Å². The minimum Gasteiger partial charge on any atom is -0.508 e. The van der Waals surface area contributed by atoms with Crippen LogP contribution in [0, 0.1) is 5.92 Å². The van der Waals surface area contributed by atoms with Crippen molar-refractivity contribution in [1.82, 2.24) is 0 Å². The van der Waals surface area contributed by atoms with Crippen LogP contribution in [0.25, 0.3) is 0 Å². The summed E-state index contributed by atoms with van der Waals surface area (Å²) < 4.78 is 12.2. The fourth-order valence-corrected chi connectivity index (χ4v) is 3.19. The molecule has 0 aliphatic carbocycles. The fraction of sp³-hybridized carbons (Fsp3) is 0.600. The minimum absolute atomic E-state index is 0.0413. The highest BCUT2D eigenvalue weighted by atomic mass is 16.5. The molecule has 1 aromatic rings. The minimum atomic E-state index is -0.214. The molecule has 0 bridgehead atoms. The summed E-state index contributed by atoms with van der Waals surface area (Å²) in [5.74, 6) is 1.47. The van der Waals surface area contributed by atoms with E-state index in [0.717, 1.165) is 24.2 Å². The fourth-order valence-electron chi connectivity index (χ4n) is 3.19. The van der Waals surface area contributed by atoms with Gasteiger partial charge in [0.25, 0.3) is 0 Å². The third-order valence-corrected chi connectivity index (χ3v) is 4.19. The second-order valence-electron chi connectivity index (χ2n) is 5.98. The van der Waals surface area contributed by atoms with E-state index in [9.17, 15) is 5.11 Å². The molecule has 1 saturated heterocycles. The van der Waals surface area contributed by atoms with Gasteiger partial charge in [-0.15, -0.1) is 0 Å². The van der Waals surface area contributed by atoms with Crippen molar-refractivity contribution in [3.63, 3.8) is 0 Å². The summed E-state index contributed by atoms with van der Waals surface area (Å²) in [5, 5.41) is 9.66. The lowest BCUT2D eigenvalue weighted by atomic mass is 9.75. The molecule has 1 aromatic carbocycles. The molecule has 18 heavy (non-hydrogen) atoms. The Morgan fingerprint density at radius 3 is 2.83 bits per heavy atom. The van der Waals surface area contributed by atoms with Crippen LogP contribution in [0.4, 0.5) is 0 Å². The first-order chi connectivity index (χ1) is 8.47. The molecular formula is C15H20O3. The topological polar surface area (TPSA) is 38.7 Å². The SMILES string of the molecule is C[C@@H]1CC[C@@H]2[C@@H](O1)c1cc(O)ccc1OC2(C)C. The van der Waals surface area contributed by atoms with Gasteiger partial charge in [-0.05, 0) is 51.8 Å². The second kappa shape index (κ2) is 3.89. The Bertz CT molecular complexity index is 467. The van der Waals surface area contributed by atoms with Crippen LogP contribution in [-0.2, 0) is 4.74 Å². The molecule has 98 valence electrons. The van der Waals surface area contributed by atoms with E-state index in [4.69, 9.17) is 9.47 Å². The van der Waals surface area contributed by atoms with Crippen molar-refractivity contribution in [3.05, 3.63) is 23.8 Å². The van der Waals surface area contributed by atoms with Crippen LogP contribution in [0.2, 0.25) is 0 Å². The van der Waals surface area contributed by atoms with Gasteiger partial charge in [0, 0.05) is 11.5 Å². The zero-order valence-electron chi connectivity index (χ0n) is 11.1. The highest BCUT2D eigenvalue weighted by molar-refractivity contribution is 5.44. The van der Waals surface area contributed by atoms with Crippen molar-refractivity contribution >= 4 is 0 Å². The van der Waals surface area contributed by atoms with Crippen LogP contribution in [0.15, 0.2) is 18.2 Å². The number of phenols is 1. The molecule has 3 heteroatoms. The molecule has 1 fully saturated rings. The quantitative estimate of drug-likeness (QED) is 0.764. The number of phenolic OH excluding ortho intramolecular Hbond substituents is 1. The van der Waals surface area contributed by atoms with E-state index in [0.29, 0.717) is 5.92 Å². The molecule has 2 aliphatic heterocycles. The van der Waals surface area contributed by atoms with Gasteiger partial charge < -0.3 is 14.6 Å². The lowest BCUT2D eigenvalue weighted by Gasteiger charge is -2.48. The van der Waals surface area contributed by atoms with E-state index in [1.54, 1.807) is 12.1 Å². The Balaban J connectivity index is 2.07. The average molecular weight is 248 g/mol.